The minimum Gasteiger partial charge on any atom is -0.366 e. The maximum atomic E-state index is 12.0. The molecule has 0 spiro atoms. The van der Waals surface area contributed by atoms with Crippen LogP contribution in [0.25, 0.3) is 0 Å². The van der Waals surface area contributed by atoms with E-state index in [9.17, 15) is 13.2 Å². The number of aromatic nitrogens is 2. The molecule has 0 unspecified atom stereocenters. The Labute approximate surface area is 170 Å². The number of urea groups is 1. The van der Waals surface area contributed by atoms with Crippen molar-refractivity contribution < 1.29 is 13.2 Å². The fourth-order valence-electron chi connectivity index (χ4n) is 3.18. The van der Waals surface area contributed by atoms with Crippen molar-refractivity contribution in [3.8, 4) is 0 Å². The van der Waals surface area contributed by atoms with Gasteiger partial charge >= 0.3 is 6.03 Å². The van der Waals surface area contributed by atoms with Gasteiger partial charge in [-0.25, -0.2) is 19.9 Å². The summed E-state index contributed by atoms with van der Waals surface area (Å²) in [6.07, 6.45) is 1.39. The molecule has 2 heterocycles. The van der Waals surface area contributed by atoms with Crippen LogP contribution in [0, 0.1) is 0 Å². The predicted molar refractivity (Wildman–Crippen MR) is 112 cm³/mol. The number of carbonyl (C=O) groups excluding carboxylic acids is 1. The molecule has 29 heavy (non-hydrogen) atoms. The molecule has 11 heteroatoms. The van der Waals surface area contributed by atoms with Crippen molar-refractivity contribution in [3.63, 3.8) is 0 Å². The largest absolute Gasteiger partial charge is 0.366 e. The van der Waals surface area contributed by atoms with Crippen molar-refractivity contribution in [2.24, 2.45) is 5.14 Å². The Morgan fingerprint density at radius 3 is 2.48 bits per heavy atom. The molecular formula is C18H25N7O3S. The molecule has 3 rings (SSSR count). The minimum atomic E-state index is -3.90. The molecule has 2 aromatic rings. The molecule has 0 radical (unpaired) electrons. The van der Waals surface area contributed by atoms with Crippen LogP contribution in [-0.4, -0.2) is 41.9 Å². The van der Waals surface area contributed by atoms with Gasteiger partial charge in [-0.1, -0.05) is 12.1 Å². The van der Waals surface area contributed by atoms with Gasteiger partial charge in [-0.2, -0.15) is 8.42 Å². The van der Waals surface area contributed by atoms with Gasteiger partial charge in [0.25, 0.3) is 10.2 Å². The summed E-state index contributed by atoms with van der Waals surface area (Å²) in [5, 5.41) is 11.4. The van der Waals surface area contributed by atoms with Crippen molar-refractivity contribution in [3.05, 3.63) is 41.7 Å². The van der Waals surface area contributed by atoms with E-state index in [1.807, 2.05) is 12.1 Å². The van der Waals surface area contributed by atoms with Gasteiger partial charge < -0.3 is 10.2 Å². The van der Waals surface area contributed by atoms with Gasteiger partial charge in [-0.05, 0) is 38.5 Å². The zero-order valence-electron chi connectivity index (χ0n) is 16.8. The van der Waals surface area contributed by atoms with Crippen molar-refractivity contribution >= 4 is 33.6 Å². The van der Waals surface area contributed by atoms with Crippen LogP contribution in [0.3, 0.4) is 0 Å². The van der Waals surface area contributed by atoms with E-state index in [-0.39, 0.29) is 6.03 Å². The van der Waals surface area contributed by atoms with E-state index in [2.05, 4.69) is 20.6 Å². The highest BCUT2D eigenvalue weighted by Gasteiger charge is 2.30. The summed E-state index contributed by atoms with van der Waals surface area (Å²) < 4.78 is 25.2. The van der Waals surface area contributed by atoms with Crippen molar-refractivity contribution in [1.82, 2.24) is 14.9 Å². The fourth-order valence-corrected chi connectivity index (χ4v) is 4.36. The van der Waals surface area contributed by atoms with Crippen LogP contribution in [0.5, 0.6) is 0 Å². The second kappa shape index (κ2) is 7.48. The van der Waals surface area contributed by atoms with E-state index in [4.69, 9.17) is 5.14 Å². The van der Waals surface area contributed by atoms with Gasteiger partial charge in [0.15, 0.2) is 0 Å². The molecule has 0 saturated carbocycles. The lowest BCUT2D eigenvalue weighted by Crippen LogP contribution is -2.49. The standard InChI is InChI=1S/C18H25N7O3S/c1-18(2,3)25(29(19,27)28)13-7-5-12(6-8-13)9-20-15-14-10-24(4)17(26)23-16(14)22-11-21-15/h5-8,11H,9-10H2,1-4H3,(H2,19,27,28)(H2,20,21,22,23,26). The molecular weight excluding hydrogens is 394 g/mol. The third-order valence-electron chi connectivity index (χ3n) is 4.41. The lowest BCUT2D eigenvalue weighted by Gasteiger charge is -2.34. The maximum absolute atomic E-state index is 12.0. The van der Waals surface area contributed by atoms with Crippen LogP contribution in [0.2, 0.25) is 0 Å². The average molecular weight is 420 g/mol. The normalized spacial score (nSPS) is 14.2. The molecule has 0 fully saturated rings. The zero-order valence-corrected chi connectivity index (χ0v) is 17.6. The van der Waals surface area contributed by atoms with Gasteiger partial charge in [-0.15, -0.1) is 0 Å². The number of nitrogens with zero attached hydrogens (tertiary/aromatic N) is 4. The molecule has 156 valence electrons. The Kier molecular flexibility index (Phi) is 5.37. The number of hydrogen-bond acceptors (Lipinski definition) is 6. The van der Waals surface area contributed by atoms with Gasteiger partial charge in [0.2, 0.25) is 0 Å². The van der Waals surface area contributed by atoms with Crippen LogP contribution in [0.1, 0.15) is 31.9 Å². The molecule has 0 saturated heterocycles. The number of benzene rings is 1. The highest BCUT2D eigenvalue weighted by atomic mass is 32.2. The Bertz CT molecular complexity index is 1020. The maximum Gasteiger partial charge on any atom is 0.323 e. The number of fused-ring (bicyclic) bond motifs is 1. The first kappa shape index (κ1) is 20.8. The van der Waals surface area contributed by atoms with E-state index in [1.165, 1.54) is 10.6 Å². The van der Waals surface area contributed by atoms with Gasteiger partial charge in [0, 0.05) is 19.1 Å². The predicted octanol–water partition coefficient (Wildman–Crippen LogP) is 1.87. The van der Waals surface area contributed by atoms with Crippen molar-refractivity contribution in [1.29, 1.82) is 0 Å². The van der Waals surface area contributed by atoms with Crippen molar-refractivity contribution in [2.45, 2.75) is 39.4 Å². The van der Waals surface area contributed by atoms with Gasteiger partial charge in [-0.3, -0.25) is 9.62 Å². The third kappa shape index (κ3) is 4.57. The minimum absolute atomic E-state index is 0.212. The Morgan fingerprint density at radius 2 is 1.90 bits per heavy atom. The van der Waals surface area contributed by atoms with Crippen LogP contribution in [0.15, 0.2) is 30.6 Å². The first-order valence-electron chi connectivity index (χ1n) is 8.99. The second-order valence-corrected chi connectivity index (χ2v) is 9.23. The molecule has 4 N–H and O–H groups in total. The smallest absolute Gasteiger partial charge is 0.323 e. The lowest BCUT2D eigenvalue weighted by atomic mass is 10.1. The number of carbonyl (C=O) groups is 1. The summed E-state index contributed by atoms with van der Waals surface area (Å²) in [5.41, 5.74) is 1.54. The molecule has 2 amide bonds. The topological polar surface area (TPSA) is 134 Å². The highest BCUT2D eigenvalue weighted by Crippen LogP contribution is 2.28. The third-order valence-corrected chi connectivity index (χ3v) is 5.67. The first-order chi connectivity index (χ1) is 13.5. The van der Waals surface area contributed by atoms with E-state index in [0.717, 1.165) is 11.1 Å². The van der Waals surface area contributed by atoms with E-state index in [1.54, 1.807) is 44.9 Å². The molecule has 0 atom stereocenters. The summed E-state index contributed by atoms with van der Waals surface area (Å²) >= 11 is 0. The summed E-state index contributed by atoms with van der Waals surface area (Å²) in [7, 11) is -2.21. The number of nitrogens with two attached hydrogens (primary N) is 1. The van der Waals surface area contributed by atoms with Gasteiger partial charge in [0.05, 0.1) is 17.8 Å². The first-order valence-corrected chi connectivity index (χ1v) is 10.5. The van der Waals surface area contributed by atoms with E-state index < -0.39 is 15.7 Å². The second-order valence-electron chi connectivity index (χ2n) is 7.84. The summed E-state index contributed by atoms with van der Waals surface area (Å²) in [6.45, 7) is 6.20. The highest BCUT2D eigenvalue weighted by molar-refractivity contribution is 7.90. The van der Waals surface area contributed by atoms with Crippen LogP contribution in [-0.2, 0) is 23.3 Å². The van der Waals surface area contributed by atoms with Crippen molar-refractivity contribution in [2.75, 3.05) is 22.0 Å². The Balaban J connectivity index is 1.77. The lowest BCUT2D eigenvalue weighted by molar-refractivity contribution is 0.218. The molecule has 1 aromatic heterocycles. The molecule has 0 bridgehead atoms. The number of amides is 2. The van der Waals surface area contributed by atoms with Crippen LogP contribution >= 0.6 is 0 Å². The van der Waals surface area contributed by atoms with E-state index >= 15 is 0 Å². The van der Waals surface area contributed by atoms with Crippen LogP contribution in [0.4, 0.5) is 22.1 Å². The summed E-state index contributed by atoms with van der Waals surface area (Å²) in [6, 6.07) is 6.88. The van der Waals surface area contributed by atoms with Gasteiger partial charge in [0.1, 0.15) is 18.0 Å². The van der Waals surface area contributed by atoms with Crippen LogP contribution < -0.4 is 20.1 Å². The summed E-state index contributed by atoms with van der Waals surface area (Å²) in [5.74, 6) is 1.13. The summed E-state index contributed by atoms with van der Waals surface area (Å²) in [4.78, 5) is 21.7. The number of nitrogens with one attached hydrogen (secondary N) is 2. The number of hydrogen-bond donors (Lipinski definition) is 3. The number of anilines is 3. The Morgan fingerprint density at radius 1 is 1.24 bits per heavy atom. The molecule has 10 nitrogen and oxygen atoms in total. The fraction of sp³-hybridized carbons (Fsp3) is 0.389. The number of rotatable bonds is 5. The average Bonchev–Trinajstić information content (AvgIpc) is 2.60. The molecule has 0 aliphatic carbocycles. The SMILES string of the molecule is CN1Cc2c(NCc3ccc(N(C(C)(C)C)S(N)(=O)=O)cc3)ncnc2NC1=O. The molecule has 1 aliphatic heterocycles. The van der Waals surface area contributed by atoms with E-state index in [0.29, 0.717) is 30.4 Å². The quantitative estimate of drug-likeness (QED) is 0.677. The zero-order chi connectivity index (χ0) is 21.4. The molecule has 1 aromatic carbocycles. The Hall–Kier alpha value is -2.92. The monoisotopic (exact) mass is 419 g/mol. The molecule has 1 aliphatic rings.